The van der Waals surface area contributed by atoms with Crippen molar-refractivity contribution in [3.8, 4) is 0 Å². The van der Waals surface area contributed by atoms with E-state index in [-0.39, 0.29) is 5.78 Å². The van der Waals surface area contributed by atoms with E-state index in [0.29, 0.717) is 6.42 Å². The maximum atomic E-state index is 11.0. The van der Waals surface area contributed by atoms with E-state index in [9.17, 15) is 4.79 Å². The summed E-state index contributed by atoms with van der Waals surface area (Å²) in [4.78, 5) is 14.5. The summed E-state index contributed by atoms with van der Waals surface area (Å²) in [6, 6.07) is 0. The molecule has 0 radical (unpaired) electrons. The monoisotopic (exact) mass is 257 g/mol. The third-order valence-electron chi connectivity index (χ3n) is 4.37. The van der Waals surface area contributed by atoms with Gasteiger partial charge in [-0.3, -0.25) is 0 Å². The maximum Gasteiger partial charge on any atom is 0.129 e. The molecule has 0 atom stereocenters. The van der Waals surface area contributed by atoms with Crippen LogP contribution in [0.15, 0.2) is 6.20 Å². The number of H-pyrrole nitrogens is 1. The number of benzene rings is 1. The second-order valence-corrected chi connectivity index (χ2v) is 5.62. The number of carbonyl (C=O) groups is 1. The van der Waals surface area contributed by atoms with Crippen LogP contribution in [-0.4, -0.2) is 10.8 Å². The quantitative estimate of drug-likeness (QED) is 0.869. The lowest BCUT2D eigenvalue weighted by Gasteiger charge is -2.12. The Morgan fingerprint density at radius 1 is 1.05 bits per heavy atom. The molecule has 0 aliphatic rings. The molecule has 0 saturated heterocycles. The average molecular weight is 257 g/mol. The molecule has 2 heteroatoms. The fraction of sp³-hybridized carbons (Fsp3) is 0.471. The molecular weight excluding hydrogens is 234 g/mol. The van der Waals surface area contributed by atoms with Crippen LogP contribution < -0.4 is 0 Å². The maximum absolute atomic E-state index is 11.0. The summed E-state index contributed by atoms with van der Waals surface area (Å²) in [5.74, 6) is 0.278. The van der Waals surface area contributed by atoms with Crippen molar-refractivity contribution in [3.63, 3.8) is 0 Å². The molecule has 0 fully saturated rings. The Kier molecular flexibility index (Phi) is 3.79. The van der Waals surface area contributed by atoms with Crippen LogP contribution in [0.3, 0.4) is 0 Å². The Bertz CT molecular complexity index is 634. The minimum Gasteiger partial charge on any atom is -0.361 e. The number of aryl methyl sites for hydroxylation is 3. The molecule has 0 bridgehead atoms. The van der Waals surface area contributed by atoms with E-state index in [4.69, 9.17) is 0 Å². The van der Waals surface area contributed by atoms with Crippen molar-refractivity contribution in [1.82, 2.24) is 4.98 Å². The minimum absolute atomic E-state index is 0.278. The SMILES string of the molecule is CC(=O)CCCc1c[nH]c2c(C)c(C)c(C)c(C)c12. The topological polar surface area (TPSA) is 32.9 Å². The summed E-state index contributed by atoms with van der Waals surface area (Å²) in [7, 11) is 0. The summed E-state index contributed by atoms with van der Waals surface area (Å²) in [5, 5.41) is 1.36. The number of nitrogens with one attached hydrogen (secondary N) is 1. The van der Waals surface area contributed by atoms with Gasteiger partial charge in [0, 0.05) is 23.5 Å². The second-order valence-electron chi connectivity index (χ2n) is 5.62. The molecule has 1 heterocycles. The number of rotatable bonds is 4. The van der Waals surface area contributed by atoms with Crippen molar-refractivity contribution < 1.29 is 4.79 Å². The highest BCUT2D eigenvalue weighted by Gasteiger charge is 2.13. The lowest BCUT2D eigenvalue weighted by atomic mass is 9.93. The van der Waals surface area contributed by atoms with Gasteiger partial charge in [0.15, 0.2) is 0 Å². The third kappa shape index (κ3) is 2.44. The van der Waals surface area contributed by atoms with Crippen LogP contribution in [0.4, 0.5) is 0 Å². The molecule has 2 nitrogen and oxygen atoms in total. The second kappa shape index (κ2) is 5.20. The lowest BCUT2D eigenvalue weighted by molar-refractivity contribution is -0.117. The van der Waals surface area contributed by atoms with E-state index >= 15 is 0 Å². The number of aromatic amines is 1. The number of aromatic nitrogens is 1. The molecule has 0 aliphatic carbocycles. The Morgan fingerprint density at radius 2 is 1.68 bits per heavy atom. The van der Waals surface area contributed by atoms with E-state index < -0.39 is 0 Å². The predicted octanol–water partition coefficient (Wildman–Crippen LogP) is 4.31. The van der Waals surface area contributed by atoms with Gasteiger partial charge in [-0.05, 0) is 75.3 Å². The van der Waals surface area contributed by atoms with Crippen molar-refractivity contribution in [3.05, 3.63) is 34.0 Å². The van der Waals surface area contributed by atoms with Crippen LogP contribution in [0.5, 0.6) is 0 Å². The molecule has 1 aromatic carbocycles. The number of ketones is 1. The number of carbonyl (C=O) groups excluding carboxylic acids is 1. The van der Waals surface area contributed by atoms with Crippen molar-refractivity contribution in [2.45, 2.75) is 53.9 Å². The van der Waals surface area contributed by atoms with Crippen molar-refractivity contribution in [2.24, 2.45) is 0 Å². The molecule has 0 aliphatic heterocycles. The van der Waals surface area contributed by atoms with Gasteiger partial charge < -0.3 is 9.78 Å². The first kappa shape index (κ1) is 13.9. The van der Waals surface area contributed by atoms with E-state index in [1.165, 1.54) is 38.7 Å². The smallest absolute Gasteiger partial charge is 0.129 e. The number of hydrogen-bond acceptors (Lipinski definition) is 1. The van der Waals surface area contributed by atoms with Gasteiger partial charge in [0.25, 0.3) is 0 Å². The van der Waals surface area contributed by atoms with Gasteiger partial charge in [0.05, 0.1) is 0 Å². The van der Waals surface area contributed by atoms with Crippen molar-refractivity contribution >= 4 is 16.7 Å². The summed E-state index contributed by atoms with van der Waals surface area (Å²) >= 11 is 0. The van der Waals surface area contributed by atoms with Crippen LogP contribution >= 0.6 is 0 Å². The van der Waals surface area contributed by atoms with Crippen LogP contribution in [0.2, 0.25) is 0 Å². The van der Waals surface area contributed by atoms with Crippen molar-refractivity contribution in [1.29, 1.82) is 0 Å². The Balaban J connectivity index is 2.45. The van der Waals surface area contributed by atoms with Crippen LogP contribution in [0, 0.1) is 27.7 Å². The average Bonchev–Trinajstić information content (AvgIpc) is 2.77. The van der Waals surface area contributed by atoms with E-state index in [1.54, 1.807) is 6.92 Å². The minimum atomic E-state index is 0.278. The molecule has 2 rings (SSSR count). The summed E-state index contributed by atoms with van der Waals surface area (Å²) in [6.45, 7) is 10.4. The van der Waals surface area contributed by atoms with Crippen LogP contribution in [-0.2, 0) is 11.2 Å². The normalized spacial score (nSPS) is 11.2. The van der Waals surface area contributed by atoms with Gasteiger partial charge in [-0.1, -0.05) is 0 Å². The number of fused-ring (bicyclic) bond motifs is 1. The van der Waals surface area contributed by atoms with Gasteiger partial charge in [-0.2, -0.15) is 0 Å². The Morgan fingerprint density at radius 3 is 2.32 bits per heavy atom. The fourth-order valence-corrected chi connectivity index (χ4v) is 2.85. The highest BCUT2D eigenvalue weighted by molar-refractivity contribution is 5.91. The number of hydrogen-bond donors (Lipinski definition) is 1. The van der Waals surface area contributed by atoms with E-state index in [2.05, 4.69) is 38.9 Å². The molecule has 102 valence electrons. The molecule has 0 saturated carbocycles. The number of Topliss-reactive ketones (excluding diaryl/α,β-unsaturated/α-hetero) is 1. The Hall–Kier alpha value is -1.57. The summed E-state index contributed by atoms with van der Waals surface area (Å²) in [6.07, 6.45) is 4.70. The molecule has 1 N–H and O–H groups in total. The lowest BCUT2D eigenvalue weighted by Crippen LogP contribution is -1.95. The fourth-order valence-electron chi connectivity index (χ4n) is 2.85. The van der Waals surface area contributed by atoms with Gasteiger partial charge in [0.1, 0.15) is 5.78 Å². The van der Waals surface area contributed by atoms with Gasteiger partial charge in [0.2, 0.25) is 0 Å². The first-order valence-corrected chi connectivity index (χ1v) is 6.99. The highest BCUT2D eigenvalue weighted by atomic mass is 16.1. The molecular formula is C17H23NO. The molecule has 19 heavy (non-hydrogen) atoms. The molecule has 0 amide bonds. The van der Waals surface area contributed by atoms with Crippen LogP contribution in [0.1, 0.15) is 47.6 Å². The largest absolute Gasteiger partial charge is 0.361 e. The third-order valence-corrected chi connectivity index (χ3v) is 4.37. The van der Waals surface area contributed by atoms with Crippen LogP contribution in [0.25, 0.3) is 10.9 Å². The molecule has 1 aromatic heterocycles. The summed E-state index contributed by atoms with van der Waals surface area (Å²) in [5.41, 5.74) is 8.09. The van der Waals surface area contributed by atoms with E-state index in [1.807, 2.05) is 0 Å². The van der Waals surface area contributed by atoms with Gasteiger partial charge in [-0.25, -0.2) is 0 Å². The zero-order chi connectivity index (χ0) is 14.2. The molecule has 0 spiro atoms. The van der Waals surface area contributed by atoms with Crippen molar-refractivity contribution in [2.75, 3.05) is 0 Å². The zero-order valence-corrected chi connectivity index (χ0v) is 12.6. The Labute approximate surface area is 115 Å². The zero-order valence-electron chi connectivity index (χ0n) is 12.6. The summed E-state index contributed by atoms with van der Waals surface area (Å²) < 4.78 is 0. The molecule has 2 aromatic rings. The molecule has 0 unspecified atom stereocenters. The van der Waals surface area contributed by atoms with Gasteiger partial charge in [-0.15, -0.1) is 0 Å². The first-order valence-electron chi connectivity index (χ1n) is 6.99. The predicted molar refractivity (Wildman–Crippen MR) is 80.9 cm³/mol. The van der Waals surface area contributed by atoms with Gasteiger partial charge >= 0.3 is 0 Å². The van der Waals surface area contributed by atoms with E-state index in [0.717, 1.165) is 12.8 Å². The first-order chi connectivity index (χ1) is 8.93. The standard InChI is InChI=1S/C17H23NO/c1-10(19)7-6-8-15-9-18-17-14(5)12(3)11(2)13(4)16(15)17/h9,18H,6-8H2,1-5H3. The highest BCUT2D eigenvalue weighted by Crippen LogP contribution is 2.31.